The molecule has 3 nitrogen and oxygen atoms in total. The number of hydrogen-bond acceptors (Lipinski definition) is 2. The Balaban J connectivity index is 2.90. The van der Waals surface area contributed by atoms with Crippen LogP contribution in [-0.4, -0.2) is 13.0 Å². The van der Waals surface area contributed by atoms with E-state index in [4.69, 9.17) is 4.55 Å². The van der Waals surface area contributed by atoms with Gasteiger partial charge in [0.2, 0.25) is 0 Å². The van der Waals surface area contributed by atoms with Crippen molar-refractivity contribution in [3.8, 4) is 0 Å². The second-order valence-corrected chi connectivity index (χ2v) is 4.99. The van der Waals surface area contributed by atoms with Gasteiger partial charge in [0.25, 0.3) is 10.1 Å². The molecule has 16 heavy (non-hydrogen) atoms. The van der Waals surface area contributed by atoms with Crippen molar-refractivity contribution < 1.29 is 13.0 Å². The fraction of sp³-hybridized carbons (Fsp3) is 0.167. The van der Waals surface area contributed by atoms with Crippen LogP contribution in [0.15, 0.2) is 41.3 Å². The summed E-state index contributed by atoms with van der Waals surface area (Å²) in [6.45, 7) is 2.01. The number of rotatable bonds is 2. The van der Waals surface area contributed by atoms with Gasteiger partial charge in [-0.2, -0.15) is 8.42 Å². The van der Waals surface area contributed by atoms with Crippen LogP contribution in [0.3, 0.4) is 0 Å². The molecule has 0 amide bonds. The molecule has 0 spiro atoms. The van der Waals surface area contributed by atoms with Gasteiger partial charge in [0.05, 0.1) is 0 Å². The third-order valence-electron chi connectivity index (χ3n) is 2.63. The number of hydrogen-bond donors (Lipinski definition) is 1. The van der Waals surface area contributed by atoms with Crippen LogP contribution in [0.2, 0.25) is 0 Å². The normalized spacial score (nSPS) is 11.9. The smallest absolute Gasteiger partial charge is 0.282 e. The molecule has 2 aromatic rings. The van der Waals surface area contributed by atoms with E-state index in [1.165, 1.54) is 6.07 Å². The molecule has 4 heteroatoms. The summed E-state index contributed by atoms with van der Waals surface area (Å²) in [5, 5.41) is 1.45. The van der Waals surface area contributed by atoms with Crippen molar-refractivity contribution in [1.82, 2.24) is 0 Å². The van der Waals surface area contributed by atoms with Crippen LogP contribution in [0, 0.1) is 0 Å². The topological polar surface area (TPSA) is 54.4 Å². The molecular weight excluding hydrogens is 224 g/mol. The molecule has 0 saturated heterocycles. The second kappa shape index (κ2) is 3.88. The SMILES string of the molecule is CCc1cccc2c(S(=O)(=O)O)cccc12. The first-order valence-electron chi connectivity index (χ1n) is 5.02. The summed E-state index contributed by atoms with van der Waals surface area (Å²) in [5.74, 6) is 0. The fourth-order valence-corrected chi connectivity index (χ4v) is 2.59. The van der Waals surface area contributed by atoms with Gasteiger partial charge in [-0.3, -0.25) is 4.55 Å². The minimum atomic E-state index is -4.15. The van der Waals surface area contributed by atoms with Crippen molar-refractivity contribution in [2.45, 2.75) is 18.2 Å². The molecule has 0 bridgehead atoms. The van der Waals surface area contributed by atoms with E-state index in [2.05, 4.69) is 0 Å². The van der Waals surface area contributed by atoms with E-state index in [-0.39, 0.29) is 4.90 Å². The highest BCUT2D eigenvalue weighted by molar-refractivity contribution is 7.86. The van der Waals surface area contributed by atoms with Crippen LogP contribution < -0.4 is 0 Å². The van der Waals surface area contributed by atoms with Gasteiger partial charge < -0.3 is 0 Å². The molecule has 0 unspecified atom stereocenters. The minimum Gasteiger partial charge on any atom is -0.282 e. The van der Waals surface area contributed by atoms with E-state index < -0.39 is 10.1 Å². The van der Waals surface area contributed by atoms with Crippen molar-refractivity contribution >= 4 is 20.9 Å². The highest BCUT2D eigenvalue weighted by Crippen LogP contribution is 2.25. The summed E-state index contributed by atoms with van der Waals surface area (Å²) in [6.07, 6.45) is 0.826. The highest BCUT2D eigenvalue weighted by Gasteiger charge is 2.13. The van der Waals surface area contributed by atoms with Gasteiger partial charge in [0.1, 0.15) is 4.90 Å². The van der Waals surface area contributed by atoms with Crippen molar-refractivity contribution in [2.75, 3.05) is 0 Å². The molecule has 0 aromatic heterocycles. The number of fused-ring (bicyclic) bond motifs is 1. The third-order valence-corrected chi connectivity index (χ3v) is 3.54. The summed E-state index contributed by atoms with van der Waals surface area (Å²) < 4.78 is 31.5. The first kappa shape index (κ1) is 11.1. The van der Waals surface area contributed by atoms with Crippen LogP contribution in [0.1, 0.15) is 12.5 Å². The van der Waals surface area contributed by atoms with Crippen LogP contribution in [0.25, 0.3) is 10.8 Å². The maximum absolute atomic E-state index is 11.2. The van der Waals surface area contributed by atoms with Crippen molar-refractivity contribution in [3.63, 3.8) is 0 Å². The predicted octanol–water partition coefficient (Wildman–Crippen LogP) is 2.65. The Bertz CT molecular complexity index is 630. The summed E-state index contributed by atoms with van der Waals surface area (Å²) in [6, 6.07) is 10.4. The lowest BCUT2D eigenvalue weighted by Crippen LogP contribution is -1.99. The Morgan fingerprint density at radius 3 is 2.31 bits per heavy atom. The van der Waals surface area contributed by atoms with Gasteiger partial charge in [0.15, 0.2) is 0 Å². The lowest BCUT2D eigenvalue weighted by molar-refractivity contribution is 0.484. The fourth-order valence-electron chi connectivity index (χ4n) is 1.88. The first-order valence-corrected chi connectivity index (χ1v) is 6.46. The second-order valence-electron chi connectivity index (χ2n) is 3.60. The van der Waals surface area contributed by atoms with E-state index >= 15 is 0 Å². The van der Waals surface area contributed by atoms with E-state index in [0.717, 1.165) is 17.4 Å². The molecule has 1 N–H and O–H groups in total. The van der Waals surface area contributed by atoms with Gasteiger partial charge in [-0.25, -0.2) is 0 Å². The van der Waals surface area contributed by atoms with Crippen molar-refractivity contribution in [1.29, 1.82) is 0 Å². The van der Waals surface area contributed by atoms with E-state index in [9.17, 15) is 8.42 Å². The quantitative estimate of drug-likeness (QED) is 0.815. The first-order chi connectivity index (χ1) is 7.54. The maximum atomic E-state index is 11.2. The standard InChI is InChI=1S/C12H12O3S/c1-2-9-5-3-7-11-10(9)6-4-8-12(11)16(13,14)15/h3-8H,2H2,1H3,(H,13,14,15). The van der Waals surface area contributed by atoms with Crippen LogP contribution in [0.4, 0.5) is 0 Å². The van der Waals surface area contributed by atoms with Gasteiger partial charge in [-0.15, -0.1) is 0 Å². The molecule has 0 aliphatic heterocycles. The Morgan fingerprint density at radius 2 is 1.69 bits per heavy atom. The molecule has 2 aromatic carbocycles. The molecule has 84 valence electrons. The Hall–Kier alpha value is -1.39. The van der Waals surface area contributed by atoms with Crippen molar-refractivity contribution in [2.24, 2.45) is 0 Å². The Kier molecular flexibility index (Phi) is 2.69. The van der Waals surface area contributed by atoms with Gasteiger partial charge in [0, 0.05) is 5.39 Å². The zero-order valence-corrected chi connectivity index (χ0v) is 9.66. The van der Waals surface area contributed by atoms with Crippen molar-refractivity contribution in [3.05, 3.63) is 42.0 Å². The summed E-state index contributed by atoms with van der Waals surface area (Å²) in [7, 11) is -4.15. The minimum absolute atomic E-state index is 0.0275. The van der Waals surface area contributed by atoms with E-state index in [0.29, 0.717) is 5.39 Å². The molecule has 0 fully saturated rings. The zero-order chi connectivity index (χ0) is 11.8. The van der Waals surface area contributed by atoms with Gasteiger partial charge in [-0.1, -0.05) is 37.3 Å². The molecule has 0 heterocycles. The van der Waals surface area contributed by atoms with E-state index in [1.807, 2.05) is 19.1 Å². The average Bonchev–Trinajstić information content (AvgIpc) is 2.26. The molecule has 0 saturated carbocycles. The van der Waals surface area contributed by atoms with E-state index in [1.54, 1.807) is 18.2 Å². The maximum Gasteiger partial charge on any atom is 0.295 e. The lowest BCUT2D eigenvalue weighted by atomic mass is 10.0. The predicted molar refractivity (Wildman–Crippen MR) is 63.1 cm³/mol. The van der Waals surface area contributed by atoms with Gasteiger partial charge >= 0.3 is 0 Å². The molecule has 0 aliphatic carbocycles. The Morgan fingerprint density at radius 1 is 1.06 bits per heavy atom. The number of aryl methyl sites for hydroxylation is 1. The van der Waals surface area contributed by atoms with Crippen LogP contribution in [0.5, 0.6) is 0 Å². The lowest BCUT2D eigenvalue weighted by Gasteiger charge is -2.07. The summed E-state index contributed by atoms with van der Waals surface area (Å²) >= 11 is 0. The average molecular weight is 236 g/mol. The molecule has 0 radical (unpaired) electrons. The molecular formula is C12H12O3S. The largest absolute Gasteiger partial charge is 0.295 e. The molecule has 0 atom stereocenters. The molecule has 2 rings (SSSR count). The summed E-state index contributed by atoms with van der Waals surface area (Å²) in [5.41, 5.74) is 1.07. The Labute approximate surface area is 94.5 Å². The third kappa shape index (κ3) is 1.81. The zero-order valence-electron chi connectivity index (χ0n) is 8.84. The highest BCUT2D eigenvalue weighted by atomic mass is 32.2. The number of benzene rings is 2. The van der Waals surface area contributed by atoms with Gasteiger partial charge in [-0.05, 0) is 23.4 Å². The van der Waals surface area contributed by atoms with Crippen LogP contribution >= 0.6 is 0 Å². The monoisotopic (exact) mass is 236 g/mol. The summed E-state index contributed by atoms with van der Waals surface area (Å²) in [4.78, 5) is -0.0275. The molecule has 0 aliphatic rings. The van der Waals surface area contributed by atoms with Crippen LogP contribution in [-0.2, 0) is 16.5 Å².